The van der Waals surface area contributed by atoms with Gasteiger partial charge in [0.15, 0.2) is 0 Å². The lowest BCUT2D eigenvalue weighted by Gasteiger charge is -2.23. The molecule has 5 nitrogen and oxygen atoms in total. The second-order valence-electron chi connectivity index (χ2n) is 5.19. The van der Waals surface area contributed by atoms with Crippen molar-refractivity contribution < 1.29 is 0 Å². The van der Waals surface area contributed by atoms with Crippen molar-refractivity contribution in [3.8, 4) is 6.07 Å². The van der Waals surface area contributed by atoms with Crippen LogP contribution >= 0.6 is 0 Å². The summed E-state index contributed by atoms with van der Waals surface area (Å²) in [5.74, 6) is 1.94. The van der Waals surface area contributed by atoms with Crippen LogP contribution in [-0.2, 0) is 19.5 Å². The fourth-order valence-corrected chi connectivity index (χ4v) is 2.61. The van der Waals surface area contributed by atoms with Gasteiger partial charge in [0.1, 0.15) is 11.6 Å². The third-order valence-electron chi connectivity index (χ3n) is 3.61. The molecular weight excluding hydrogens is 250 g/mol. The molecule has 102 valence electrons. The van der Waals surface area contributed by atoms with E-state index in [-0.39, 0.29) is 0 Å². The molecule has 0 amide bonds. The highest BCUT2D eigenvalue weighted by Crippen LogP contribution is 2.13. The average molecular weight is 267 g/mol. The predicted molar refractivity (Wildman–Crippen MR) is 74.9 cm³/mol. The van der Waals surface area contributed by atoms with Crippen LogP contribution in [0.15, 0.2) is 24.3 Å². The lowest BCUT2D eigenvalue weighted by Crippen LogP contribution is -2.37. The third-order valence-corrected chi connectivity index (χ3v) is 3.61. The summed E-state index contributed by atoms with van der Waals surface area (Å²) in [4.78, 5) is 4.41. The summed E-state index contributed by atoms with van der Waals surface area (Å²) in [5, 5.41) is 16.8. The Labute approximate surface area is 118 Å². The monoisotopic (exact) mass is 267 g/mol. The van der Waals surface area contributed by atoms with Gasteiger partial charge >= 0.3 is 0 Å². The molecule has 0 fully saturated rings. The molecule has 20 heavy (non-hydrogen) atoms. The highest BCUT2D eigenvalue weighted by molar-refractivity contribution is 5.32. The van der Waals surface area contributed by atoms with Crippen molar-refractivity contribution in [2.75, 3.05) is 0 Å². The Balaban J connectivity index is 1.61. The van der Waals surface area contributed by atoms with Gasteiger partial charge in [-0.25, -0.2) is 9.67 Å². The molecule has 5 heteroatoms. The van der Waals surface area contributed by atoms with E-state index in [9.17, 15) is 0 Å². The molecule has 2 heterocycles. The van der Waals surface area contributed by atoms with Crippen LogP contribution in [0.1, 0.15) is 29.2 Å². The van der Waals surface area contributed by atoms with Gasteiger partial charge in [-0.1, -0.05) is 12.1 Å². The molecule has 0 spiro atoms. The lowest BCUT2D eigenvalue weighted by atomic mass is 10.1. The van der Waals surface area contributed by atoms with Crippen molar-refractivity contribution in [2.45, 2.75) is 38.9 Å². The molecule has 0 radical (unpaired) electrons. The number of nitriles is 1. The predicted octanol–water partition coefficient (Wildman–Crippen LogP) is 1.56. The van der Waals surface area contributed by atoms with Gasteiger partial charge < -0.3 is 5.32 Å². The van der Waals surface area contributed by atoms with Gasteiger partial charge in [0.25, 0.3) is 0 Å². The van der Waals surface area contributed by atoms with Crippen molar-refractivity contribution in [3.63, 3.8) is 0 Å². The smallest absolute Gasteiger partial charge is 0.147 e. The van der Waals surface area contributed by atoms with Crippen LogP contribution in [0.2, 0.25) is 0 Å². The number of hydrogen-bond acceptors (Lipinski definition) is 4. The number of aryl methyl sites for hydroxylation is 2. The SMILES string of the molecule is Cc1nc2n(n1)C[C@H](NCc1cccc(C#N)c1)CC2. The summed E-state index contributed by atoms with van der Waals surface area (Å²) in [6, 6.07) is 10.3. The molecule has 0 saturated heterocycles. The second-order valence-corrected chi connectivity index (χ2v) is 5.19. The molecule has 1 aliphatic rings. The highest BCUT2D eigenvalue weighted by Gasteiger charge is 2.20. The number of fused-ring (bicyclic) bond motifs is 1. The van der Waals surface area contributed by atoms with Crippen LogP contribution in [0.4, 0.5) is 0 Å². The van der Waals surface area contributed by atoms with Crippen LogP contribution in [0, 0.1) is 18.3 Å². The van der Waals surface area contributed by atoms with Gasteiger partial charge in [-0.05, 0) is 31.0 Å². The van der Waals surface area contributed by atoms with Crippen molar-refractivity contribution in [1.82, 2.24) is 20.1 Å². The molecule has 0 saturated carbocycles. The normalized spacial score (nSPS) is 17.5. The fourth-order valence-electron chi connectivity index (χ4n) is 2.61. The van der Waals surface area contributed by atoms with Gasteiger partial charge in [-0.3, -0.25) is 0 Å². The Hall–Kier alpha value is -2.19. The standard InChI is InChI=1S/C15H17N5/c1-11-18-15-6-5-14(10-20(15)19-11)17-9-13-4-2-3-12(7-13)8-16/h2-4,7,14,17H,5-6,9-10H2,1H3/t14-/m1/s1. The highest BCUT2D eigenvalue weighted by atomic mass is 15.4. The molecule has 0 unspecified atom stereocenters. The Morgan fingerprint density at radius 2 is 2.40 bits per heavy atom. The van der Waals surface area contributed by atoms with Crippen LogP contribution in [0.25, 0.3) is 0 Å². The van der Waals surface area contributed by atoms with Crippen LogP contribution in [-0.4, -0.2) is 20.8 Å². The van der Waals surface area contributed by atoms with Gasteiger partial charge in [-0.15, -0.1) is 0 Å². The summed E-state index contributed by atoms with van der Waals surface area (Å²) in [5.41, 5.74) is 1.85. The van der Waals surface area contributed by atoms with Crippen molar-refractivity contribution >= 4 is 0 Å². The Kier molecular flexibility index (Phi) is 3.48. The van der Waals surface area contributed by atoms with E-state index < -0.39 is 0 Å². The maximum absolute atomic E-state index is 8.90. The number of aromatic nitrogens is 3. The summed E-state index contributed by atoms with van der Waals surface area (Å²) >= 11 is 0. The van der Waals surface area contributed by atoms with E-state index in [4.69, 9.17) is 5.26 Å². The van der Waals surface area contributed by atoms with E-state index in [1.54, 1.807) is 0 Å². The van der Waals surface area contributed by atoms with E-state index in [1.165, 1.54) is 0 Å². The number of benzene rings is 1. The zero-order valence-corrected chi connectivity index (χ0v) is 11.5. The number of rotatable bonds is 3. The summed E-state index contributed by atoms with van der Waals surface area (Å²) in [6.07, 6.45) is 2.05. The summed E-state index contributed by atoms with van der Waals surface area (Å²) in [6.45, 7) is 3.58. The maximum atomic E-state index is 8.90. The second kappa shape index (κ2) is 5.43. The first kappa shape index (κ1) is 12.8. The summed E-state index contributed by atoms with van der Waals surface area (Å²) < 4.78 is 2.00. The van der Waals surface area contributed by atoms with Crippen LogP contribution in [0.5, 0.6) is 0 Å². The maximum Gasteiger partial charge on any atom is 0.147 e. The first-order chi connectivity index (χ1) is 9.74. The molecule has 3 rings (SSSR count). The summed E-state index contributed by atoms with van der Waals surface area (Å²) in [7, 11) is 0. The quantitative estimate of drug-likeness (QED) is 0.916. The fraction of sp³-hybridized carbons (Fsp3) is 0.400. The minimum atomic E-state index is 0.411. The van der Waals surface area contributed by atoms with Gasteiger partial charge in [-0.2, -0.15) is 10.4 Å². The van der Waals surface area contributed by atoms with Crippen molar-refractivity contribution in [3.05, 3.63) is 47.0 Å². The number of hydrogen-bond donors (Lipinski definition) is 1. The largest absolute Gasteiger partial charge is 0.308 e. The third kappa shape index (κ3) is 2.70. The Morgan fingerprint density at radius 1 is 1.50 bits per heavy atom. The van der Waals surface area contributed by atoms with E-state index in [0.717, 1.165) is 43.1 Å². The molecular formula is C15H17N5. The molecule has 1 N–H and O–H groups in total. The van der Waals surface area contributed by atoms with E-state index in [1.807, 2.05) is 35.9 Å². The lowest BCUT2D eigenvalue weighted by molar-refractivity contribution is 0.357. The molecule has 0 aliphatic carbocycles. The van der Waals surface area contributed by atoms with Gasteiger partial charge in [0.05, 0.1) is 18.2 Å². The van der Waals surface area contributed by atoms with E-state index >= 15 is 0 Å². The van der Waals surface area contributed by atoms with Gasteiger partial charge in [0, 0.05) is 19.0 Å². The molecule has 1 aromatic carbocycles. The molecule has 2 aromatic rings. The Morgan fingerprint density at radius 3 is 3.25 bits per heavy atom. The number of nitrogens with zero attached hydrogens (tertiary/aromatic N) is 4. The minimum Gasteiger partial charge on any atom is -0.308 e. The van der Waals surface area contributed by atoms with Crippen molar-refractivity contribution in [1.29, 1.82) is 5.26 Å². The van der Waals surface area contributed by atoms with E-state index in [0.29, 0.717) is 11.6 Å². The first-order valence-corrected chi connectivity index (χ1v) is 6.87. The zero-order chi connectivity index (χ0) is 13.9. The first-order valence-electron chi connectivity index (χ1n) is 6.87. The zero-order valence-electron chi connectivity index (χ0n) is 11.5. The van der Waals surface area contributed by atoms with Crippen LogP contribution in [0.3, 0.4) is 0 Å². The Bertz CT molecular complexity index is 653. The molecule has 1 atom stereocenters. The van der Waals surface area contributed by atoms with Crippen LogP contribution < -0.4 is 5.32 Å². The molecule has 1 aromatic heterocycles. The van der Waals surface area contributed by atoms with Crippen molar-refractivity contribution in [2.24, 2.45) is 0 Å². The number of nitrogens with one attached hydrogen (secondary N) is 1. The molecule has 0 bridgehead atoms. The van der Waals surface area contributed by atoms with E-state index in [2.05, 4.69) is 21.5 Å². The molecule has 1 aliphatic heterocycles. The minimum absolute atomic E-state index is 0.411. The topological polar surface area (TPSA) is 66.5 Å². The average Bonchev–Trinajstić information content (AvgIpc) is 2.84. The van der Waals surface area contributed by atoms with Gasteiger partial charge in [0.2, 0.25) is 0 Å².